The van der Waals surface area contributed by atoms with Crippen LogP contribution in [-0.2, 0) is 39.1 Å². The molecule has 34 heavy (non-hydrogen) atoms. The van der Waals surface area contributed by atoms with Gasteiger partial charge in [-0.3, -0.25) is 28.2 Å². The standard InChI is InChI=1S/C19H32N2O11P2/c1-5-13(2)15(20)16(22)30-11-18(3,4)17(23)31-12-32-34(28,29)19(24,33(25,26)27)9-14-7-6-8-21-10-14/h6-8,10,13,15,24H,5,9,11-12,20H2,1-4H3,(H,28,29)(H2,25,26,27)/t13-,15-,19?/m0/s1. The van der Waals surface area contributed by atoms with E-state index in [1.54, 1.807) is 6.92 Å². The number of ether oxygens (including phenoxy) is 2. The first kappa shape index (κ1) is 30.3. The number of nitrogens with zero attached hydrogens (tertiary/aromatic N) is 1. The van der Waals surface area contributed by atoms with Crippen molar-refractivity contribution in [2.75, 3.05) is 13.4 Å². The van der Waals surface area contributed by atoms with E-state index >= 15 is 0 Å². The smallest absolute Gasteiger partial charge is 0.375 e. The molecule has 13 nitrogen and oxygen atoms in total. The Hall–Kier alpha value is -1.69. The Morgan fingerprint density at radius 3 is 2.32 bits per heavy atom. The minimum atomic E-state index is -5.63. The normalized spacial score (nSPS) is 17.7. The number of carbonyl (C=O) groups is 2. The Bertz CT molecular complexity index is 937. The van der Waals surface area contributed by atoms with Crippen molar-refractivity contribution < 1.29 is 52.5 Å². The highest BCUT2D eigenvalue weighted by atomic mass is 31.2. The fraction of sp³-hybridized carbons (Fsp3) is 0.632. The van der Waals surface area contributed by atoms with Crippen LogP contribution in [0.4, 0.5) is 0 Å². The summed E-state index contributed by atoms with van der Waals surface area (Å²) in [6.07, 6.45) is 2.16. The average molecular weight is 526 g/mol. The molecule has 0 spiro atoms. The van der Waals surface area contributed by atoms with Gasteiger partial charge in [0.15, 0.2) is 0 Å². The minimum Gasteiger partial charge on any atom is -0.463 e. The first-order valence-corrected chi connectivity index (χ1v) is 13.4. The second-order valence-corrected chi connectivity index (χ2v) is 12.7. The molecular formula is C19H32N2O11P2. The molecule has 0 aromatic carbocycles. The summed E-state index contributed by atoms with van der Waals surface area (Å²) in [5.74, 6) is -1.87. The van der Waals surface area contributed by atoms with Crippen molar-refractivity contribution in [3.8, 4) is 0 Å². The topological polar surface area (TPSA) is 216 Å². The molecule has 0 radical (unpaired) electrons. The Kier molecular flexibility index (Phi) is 10.6. The molecule has 0 bridgehead atoms. The van der Waals surface area contributed by atoms with Crippen LogP contribution in [0, 0.1) is 11.3 Å². The van der Waals surface area contributed by atoms with Crippen LogP contribution in [-0.4, -0.2) is 61.2 Å². The molecule has 15 heteroatoms. The lowest BCUT2D eigenvalue weighted by Gasteiger charge is -2.32. The Balaban J connectivity index is 2.80. The predicted octanol–water partition coefficient (Wildman–Crippen LogP) is 1.09. The fourth-order valence-corrected chi connectivity index (χ4v) is 5.15. The zero-order valence-electron chi connectivity index (χ0n) is 19.4. The quantitative estimate of drug-likeness (QED) is 0.138. The van der Waals surface area contributed by atoms with Gasteiger partial charge in [0.25, 0.3) is 5.08 Å². The maximum Gasteiger partial charge on any atom is 0.375 e. The molecule has 0 aliphatic carbocycles. The largest absolute Gasteiger partial charge is 0.463 e. The molecule has 0 saturated heterocycles. The molecule has 1 heterocycles. The number of esters is 2. The lowest BCUT2D eigenvalue weighted by molar-refractivity contribution is -0.167. The summed E-state index contributed by atoms with van der Waals surface area (Å²) in [5, 5.41) is 6.96. The molecule has 0 saturated carbocycles. The molecule has 1 aromatic rings. The summed E-state index contributed by atoms with van der Waals surface area (Å²) < 4.78 is 38.9. The minimum absolute atomic E-state index is 0.0433. The van der Waals surface area contributed by atoms with Crippen molar-refractivity contribution in [2.45, 2.75) is 51.7 Å². The summed E-state index contributed by atoms with van der Waals surface area (Å²) in [6.45, 7) is 4.71. The molecular weight excluding hydrogens is 494 g/mol. The molecule has 0 aliphatic rings. The number of aromatic nitrogens is 1. The van der Waals surface area contributed by atoms with Crippen molar-refractivity contribution in [3.05, 3.63) is 30.1 Å². The van der Waals surface area contributed by atoms with Crippen LogP contribution in [0.2, 0.25) is 0 Å². The number of hydrogen-bond donors (Lipinski definition) is 5. The monoisotopic (exact) mass is 526 g/mol. The van der Waals surface area contributed by atoms with E-state index in [-0.39, 0.29) is 11.5 Å². The highest BCUT2D eigenvalue weighted by molar-refractivity contribution is 7.72. The van der Waals surface area contributed by atoms with E-state index in [4.69, 9.17) is 15.2 Å². The van der Waals surface area contributed by atoms with Gasteiger partial charge >= 0.3 is 27.1 Å². The van der Waals surface area contributed by atoms with Gasteiger partial charge in [-0.15, -0.1) is 0 Å². The Morgan fingerprint density at radius 2 is 1.82 bits per heavy atom. The molecule has 1 aromatic heterocycles. The van der Waals surface area contributed by atoms with Gasteiger partial charge < -0.3 is 35.0 Å². The average Bonchev–Trinajstić information content (AvgIpc) is 2.75. The molecule has 6 N–H and O–H groups in total. The van der Waals surface area contributed by atoms with E-state index in [1.807, 2.05) is 6.92 Å². The van der Waals surface area contributed by atoms with Crippen LogP contribution in [0.3, 0.4) is 0 Å². The molecule has 1 rings (SSSR count). The first-order valence-electron chi connectivity index (χ1n) is 10.2. The molecule has 0 aliphatic heterocycles. The number of pyridine rings is 1. The van der Waals surface area contributed by atoms with Crippen molar-refractivity contribution in [3.63, 3.8) is 0 Å². The van der Waals surface area contributed by atoms with Crippen LogP contribution in [0.25, 0.3) is 0 Å². The van der Waals surface area contributed by atoms with Gasteiger partial charge in [-0.05, 0) is 31.4 Å². The van der Waals surface area contributed by atoms with Crippen LogP contribution >= 0.6 is 15.2 Å². The predicted molar refractivity (Wildman–Crippen MR) is 119 cm³/mol. The third-order valence-electron chi connectivity index (χ3n) is 5.16. The highest BCUT2D eigenvalue weighted by Crippen LogP contribution is 2.70. The summed E-state index contributed by atoms with van der Waals surface area (Å²) in [6, 6.07) is 1.83. The maximum atomic E-state index is 12.6. The van der Waals surface area contributed by atoms with E-state index in [0.717, 1.165) is 6.20 Å². The first-order chi connectivity index (χ1) is 15.5. The maximum absolute atomic E-state index is 12.6. The molecule has 0 fully saturated rings. The number of aliphatic hydroxyl groups is 1. The van der Waals surface area contributed by atoms with Gasteiger partial charge in [0.2, 0.25) is 6.79 Å². The molecule has 0 amide bonds. The summed E-state index contributed by atoms with van der Waals surface area (Å²) in [4.78, 5) is 57.3. The van der Waals surface area contributed by atoms with Gasteiger partial charge in [-0.1, -0.05) is 26.3 Å². The third-order valence-corrected chi connectivity index (χ3v) is 9.31. The van der Waals surface area contributed by atoms with Crippen LogP contribution in [0.1, 0.15) is 39.7 Å². The highest BCUT2D eigenvalue weighted by Gasteiger charge is 2.61. The summed E-state index contributed by atoms with van der Waals surface area (Å²) in [5.41, 5.74) is 4.40. The van der Waals surface area contributed by atoms with E-state index in [9.17, 15) is 38.5 Å². The van der Waals surface area contributed by atoms with E-state index < -0.39 is 63.5 Å². The Morgan fingerprint density at radius 1 is 1.21 bits per heavy atom. The third kappa shape index (κ3) is 7.66. The molecule has 2 unspecified atom stereocenters. The molecule has 194 valence electrons. The van der Waals surface area contributed by atoms with Gasteiger partial charge in [-0.25, -0.2) is 0 Å². The SMILES string of the molecule is CC[C@H](C)[C@H](N)C(=O)OCC(C)(C)C(=O)OCOP(=O)(O)C(O)(Cc1cccnc1)P(=O)(O)O. The van der Waals surface area contributed by atoms with Crippen molar-refractivity contribution in [1.82, 2.24) is 4.98 Å². The van der Waals surface area contributed by atoms with E-state index in [1.165, 1.54) is 32.2 Å². The number of rotatable bonds is 13. The van der Waals surface area contributed by atoms with Crippen LogP contribution in [0.5, 0.6) is 0 Å². The van der Waals surface area contributed by atoms with Crippen LogP contribution in [0.15, 0.2) is 24.5 Å². The lowest BCUT2D eigenvalue weighted by atomic mass is 9.95. The van der Waals surface area contributed by atoms with Crippen molar-refractivity contribution >= 4 is 27.1 Å². The lowest BCUT2D eigenvalue weighted by Crippen LogP contribution is -2.41. The van der Waals surface area contributed by atoms with E-state index in [0.29, 0.717) is 6.42 Å². The van der Waals surface area contributed by atoms with Gasteiger partial charge in [0.1, 0.15) is 12.6 Å². The zero-order chi connectivity index (χ0) is 26.4. The second-order valence-electron chi connectivity index (χ2n) is 8.46. The second kappa shape index (κ2) is 11.8. The zero-order valence-corrected chi connectivity index (χ0v) is 21.1. The summed E-state index contributed by atoms with van der Waals surface area (Å²) in [7, 11) is -11.1. The number of nitrogens with two attached hydrogens (primary N) is 1. The van der Waals surface area contributed by atoms with Gasteiger partial charge in [-0.2, -0.15) is 0 Å². The van der Waals surface area contributed by atoms with Crippen molar-refractivity contribution in [1.29, 1.82) is 0 Å². The van der Waals surface area contributed by atoms with E-state index in [2.05, 4.69) is 9.51 Å². The van der Waals surface area contributed by atoms with Gasteiger partial charge in [0.05, 0.1) is 5.41 Å². The fourth-order valence-electron chi connectivity index (χ4n) is 2.49. The number of carbonyl (C=O) groups excluding carboxylic acids is 2. The molecule has 4 atom stereocenters. The van der Waals surface area contributed by atoms with Crippen LogP contribution < -0.4 is 5.73 Å². The van der Waals surface area contributed by atoms with Crippen molar-refractivity contribution in [2.24, 2.45) is 17.1 Å². The number of hydrogen-bond acceptors (Lipinski definition) is 10. The van der Waals surface area contributed by atoms with Gasteiger partial charge in [0, 0.05) is 18.8 Å². The summed E-state index contributed by atoms with van der Waals surface area (Å²) >= 11 is 0. The Labute approximate surface area is 197 Å².